The fourth-order valence-corrected chi connectivity index (χ4v) is 2.12. The van der Waals surface area contributed by atoms with Crippen LogP contribution in [0.15, 0.2) is 64.0 Å². The molecule has 0 spiro atoms. The summed E-state index contributed by atoms with van der Waals surface area (Å²) in [6.45, 7) is 1.71. The van der Waals surface area contributed by atoms with Crippen molar-refractivity contribution in [2.45, 2.75) is 6.92 Å². The summed E-state index contributed by atoms with van der Waals surface area (Å²) in [5, 5.41) is 0. The van der Waals surface area contributed by atoms with E-state index in [9.17, 15) is 9.59 Å². The summed E-state index contributed by atoms with van der Waals surface area (Å²) in [5.41, 5.74) is 0.930. The SMILES string of the molecule is Cc1cc(=O)n(-c2ccccc2)n1C(=O)c1ccco1. The van der Waals surface area contributed by atoms with Gasteiger partial charge in [0, 0.05) is 11.8 Å². The van der Waals surface area contributed by atoms with Gasteiger partial charge in [-0.15, -0.1) is 0 Å². The lowest BCUT2D eigenvalue weighted by Gasteiger charge is -2.10. The van der Waals surface area contributed by atoms with Crippen LogP contribution in [0.2, 0.25) is 0 Å². The predicted octanol–water partition coefficient (Wildman–Crippen LogP) is 2.23. The standard InChI is InChI=1S/C15H12N2O3/c1-11-10-14(18)17(12-6-3-2-4-7-12)16(11)15(19)13-8-5-9-20-13/h2-10H,1H3. The summed E-state index contributed by atoms with van der Waals surface area (Å²) in [7, 11) is 0. The molecule has 2 heterocycles. The van der Waals surface area contributed by atoms with E-state index in [4.69, 9.17) is 4.42 Å². The number of rotatable bonds is 2. The van der Waals surface area contributed by atoms with Crippen molar-refractivity contribution in [3.8, 4) is 5.69 Å². The fourth-order valence-electron chi connectivity index (χ4n) is 2.12. The fraction of sp³-hybridized carbons (Fsp3) is 0.0667. The maximum Gasteiger partial charge on any atom is 0.312 e. The Morgan fingerprint density at radius 2 is 1.85 bits per heavy atom. The Morgan fingerprint density at radius 3 is 2.50 bits per heavy atom. The molecule has 0 saturated heterocycles. The van der Waals surface area contributed by atoms with E-state index in [0.29, 0.717) is 11.4 Å². The highest BCUT2D eigenvalue weighted by atomic mass is 16.3. The molecule has 0 aliphatic rings. The third-order valence-electron chi connectivity index (χ3n) is 3.00. The number of furan rings is 1. The van der Waals surface area contributed by atoms with Crippen LogP contribution in [-0.4, -0.2) is 15.3 Å². The first-order valence-electron chi connectivity index (χ1n) is 6.14. The van der Waals surface area contributed by atoms with Crippen molar-refractivity contribution in [2.24, 2.45) is 0 Å². The summed E-state index contributed by atoms with van der Waals surface area (Å²) < 4.78 is 7.77. The van der Waals surface area contributed by atoms with Crippen LogP contribution >= 0.6 is 0 Å². The third-order valence-corrected chi connectivity index (χ3v) is 3.00. The lowest BCUT2D eigenvalue weighted by Crippen LogP contribution is -2.26. The molecular weight excluding hydrogens is 256 g/mol. The van der Waals surface area contributed by atoms with Crippen LogP contribution in [-0.2, 0) is 0 Å². The smallest absolute Gasteiger partial charge is 0.312 e. The Bertz CT molecular complexity index is 796. The Balaban J connectivity index is 2.22. The largest absolute Gasteiger partial charge is 0.459 e. The monoisotopic (exact) mass is 268 g/mol. The van der Waals surface area contributed by atoms with E-state index in [1.165, 1.54) is 21.7 Å². The summed E-state index contributed by atoms with van der Waals surface area (Å²) >= 11 is 0. The second-order valence-electron chi connectivity index (χ2n) is 4.37. The average molecular weight is 268 g/mol. The Kier molecular flexibility index (Phi) is 2.87. The van der Waals surface area contributed by atoms with E-state index >= 15 is 0 Å². The van der Waals surface area contributed by atoms with Crippen molar-refractivity contribution in [1.82, 2.24) is 9.36 Å². The zero-order chi connectivity index (χ0) is 14.1. The minimum Gasteiger partial charge on any atom is -0.459 e. The molecule has 0 amide bonds. The van der Waals surface area contributed by atoms with Crippen molar-refractivity contribution in [2.75, 3.05) is 0 Å². The Morgan fingerprint density at radius 1 is 1.10 bits per heavy atom. The van der Waals surface area contributed by atoms with Gasteiger partial charge in [0.15, 0.2) is 5.76 Å². The number of hydrogen-bond donors (Lipinski definition) is 0. The van der Waals surface area contributed by atoms with Gasteiger partial charge in [-0.2, -0.15) is 0 Å². The van der Waals surface area contributed by atoms with E-state index < -0.39 is 0 Å². The van der Waals surface area contributed by atoms with Gasteiger partial charge in [-0.25, -0.2) is 9.36 Å². The minimum atomic E-state index is -0.376. The van der Waals surface area contributed by atoms with Gasteiger partial charge in [0.2, 0.25) is 0 Å². The number of benzene rings is 1. The molecule has 1 aromatic carbocycles. The number of aromatic nitrogens is 2. The number of para-hydroxylation sites is 1. The number of nitrogens with zero attached hydrogens (tertiary/aromatic N) is 2. The van der Waals surface area contributed by atoms with Crippen molar-refractivity contribution >= 4 is 5.91 Å². The molecule has 3 aromatic rings. The normalized spacial score (nSPS) is 10.7. The minimum absolute atomic E-state index is 0.188. The molecule has 0 aliphatic heterocycles. The van der Waals surface area contributed by atoms with E-state index in [-0.39, 0.29) is 17.2 Å². The van der Waals surface area contributed by atoms with Gasteiger partial charge in [0.05, 0.1) is 12.0 Å². The van der Waals surface area contributed by atoms with Crippen molar-refractivity contribution in [3.05, 3.63) is 76.6 Å². The topological polar surface area (TPSA) is 57.1 Å². The zero-order valence-corrected chi connectivity index (χ0v) is 10.8. The van der Waals surface area contributed by atoms with Crippen molar-refractivity contribution < 1.29 is 9.21 Å². The first kappa shape index (κ1) is 12.2. The highest BCUT2D eigenvalue weighted by Crippen LogP contribution is 2.11. The highest BCUT2D eigenvalue weighted by molar-refractivity contribution is 5.93. The van der Waals surface area contributed by atoms with Crippen LogP contribution in [0.1, 0.15) is 16.2 Å². The van der Waals surface area contributed by atoms with Gasteiger partial charge in [-0.1, -0.05) is 18.2 Å². The molecule has 2 aromatic heterocycles. The van der Waals surface area contributed by atoms with E-state index in [1.54, 1.807) is 31.2 Å². The number of carbonyl (C=O) groups is 1. The molecule has 0 atom stereocenters. The second-order valence-corrected chi connectivity index (χ2v) is 4.37. The molecule has 5 heteroatoms. The second kappa shape index (κ2) is 4.70. The lowest BCUT2D eigenvalue weighted by molar-refractivity contribution is 0.0905. The molecule has 100 valence electrons. The predicted molar refractivity (Wildman–Crippen MR) is 73.2 cm³/mol. The van der Waals surface area contributed by atoms with Crippen LogP contribution in [0.25, 0.3) is 5.69 Å². The molecule has 0 fully saturated rings. The molecule has 5 nitrogen and oxygen atoms in total. The summed E-state index contributed by atoms with van der Waals surface area (Å²) in [5.74, 6) is -0.188. The van der Waals surface area contributed by atoms with Gasteiger partial charge in [-0.3, -0.25) is 9.59 Å². The first-order chi connectivity index (χ1) is 9.68. The molecule has 0 unspecified atom stereocenters. The quantitative estimate of drug-likeness (QED) is 0.716. The maximum absolute atomic E-state index is 12.4. The van der Waals surface area contributed by atoms with Gasteiger partial charge in [0.25, 0.3) is 5.56 Å². The van der Waals surface area contributed by atoms with Gasteiger partial charge in [-0.05, 0) is 31.2 Å². The van der Waals surface area contributed by atoms with Crippen molar-refractivity contribution in [3.63, 3.8) is 0 Å². The number of carbonyl (C=O) groups excluding carboxylic acids is 1. The molecule has 0 aliphatic carbocycles. The number of hydrogen-bond acceptors (Lipinski definition) is 3. The van der Waals surface area contributed by atoms with E-state index in [0.717, 1.165) is 0 Å². The summed E-state index contributed by atoms with van der Waals surface area (Å²) in [6.07, 6.45) is 1.43. The number of aryl methyl sites for hydroxylation is 1. The molecule has 0 saturated carbocycles. The van der Waals surface area contributed by atoms with Gasteiger partial charge in [0.1, 0.15) is 0 Å². The molecule has 0 radical (unpaired) electrons. The summed E-state index contributed by atoms with van der Waals surface area (Å²) in [6, 6.07) is 13.6. The first-order valence-corrected chi connectivity index (χ1v) is 6.14. The van der Waals surface area contributed by atoms with Crippen LogP contribution in [0, 0.1) is 6.92 Å². The van der Waals surface area contributed by atoms with Crippen LogP contribution in [0.5, 0.6) is 0 Å². The van der Waals surface area contributed by atoms with Crippen LogP contribution in [0.3, 0.4) is 0 Å². The van der Waals surface area contributed by atoms with Gasteiger partial charge < -0.3 is 4.42 Å². The van der Waals surface area contributed by atoms with E-state index in [2.05, 4.69) is 0 Å². The molecule has 0 bridgehead atoms. The summed E-state index contributed by atoms with van der Waals surface area (Å²) in [4.78, 5) is 24.5. The lowest BCUT2D eigenvalue weighted by atomic mass is 10.3. The molecule has 3 rings (SSSR count). The molecule has 20 heavy (non-hydrogen) atoms. The zero-order valence-electron chi connectivity index (χ0n) is 10.8. The Hall–Kier alpha value is -2.82. The van der Waals surface area contributed by atoms with Crippen molar-refractivity contribution in [1.29, 1.82) is 0 Å². The maximum atomic E-state index is 12.4. The average Bonchev–Trinajstić information content (AvgIpc) is 3.07. The molecular formula is C15H12N2O3. The van der Waals surface area contributed by atoms with Crippen LogP contribution < -0.4 is 5.56 Å². The Labute approximate surface area is 114 Å². The van der Waals surface area contributed by atoms with Crippen LogP contribution in [0.4, 0.5) is 0 Å². The van der Waals surface area contributed by atoms with E-state index in [1.807, 2.05) is 18.2 Å². The highest BCUT2D eigenvalue weighted by Gasteiger charge is 2.19. The third kappa shape index (κ3) is 1.89. The van der Waals surface area contributed by atoms with Gasteiger partial charge >= 0.3 is 5.91 Å². The molecule has 0 N–H and O–H groups in total.